The number of carbonyl (C=O) groups excluding carboxylic acids is 1. The van der Waals surface area contributed by atoms with Gasteiger partial charge in [-0.25, -0.2) is 8.42 Å². The number of benzene rings is 2. The van der Waals surface area contributed by atoms with Gasteiger partial charge in [-0.15, -0.1) is 0 Å². The molecule has 1 saturated heterocycles. The number of nitrogens with zero attached hydrogens (tertiary/aromatic N) is 2. The van der Waals surface area contributed by atoms with Crippen LogP contribution in [0, 0.1) is 6.92 Å². The second-order valence-electron chi connectivity index (χ2n) is 7.40. The Labute approximate surface area is 177 Å². The van der Waals surface area contributed by atoms with Crippen molar-refractivity contribution in [3.05, 3.63) is 59.1 Å². The minimum Gasteiger partial charge on any atom is -0.352 e. The fourth-order valence-electron chi connectivity index (χ4n) is 3.47. The molecule has 0 spiro atoms. The summed E-state index contributed by atoms with van der Waals surface area (Å²) < 4.78 is 27.9. The van der Waals surface area contributed by atoms with Crippen LogP contribution in [-0.4, -0.2) is 51.9 Å². The highest BCUT2D eigenvalue weighted by molar-refractivity contribution is 7.92. The molecule has 1 aliphatic rings. The third-order valence-electron chi connectivity index (χ3n) is 5.13. The van der Waals surface area contributed by atoms with E-state index in [1.54, 1.807) is 43.3 Å². The number of aryl methyl sites for hydroxylation is 1. The Bertz CT molecular complexity index is 958. The van der Waals surface area contributed by atoms with Crippen LogP contribution in [-0.2, 0) is 14.8 Å². The van der Waals surface area contributed by atoms with Gasteiger partial charge in [-0.3, -0.25) is 9.10 Å². The van der Waals surface area contributed by atoms with E-state index in [1.807, 2.05) is 0 Å². The Hall–Kier alpha value is -2.09. The van der Waals surface area contributed by atoms with Crippen molar-refractivity contribution in [2.24, 2.45) is 0 Å². The van der Waals surface area contributed by atoms with Crippen molar-refractivity contribution in [3.8, 4) is 0 Å². The molecule has 8 heteroatoms. The van der Waals surface area contributed by atoms with Gasteiger partial charge in [0.2, 0.25) is 5.91 Å². The summed E-state index contributed by atoms with van der Waals surface area (Å²) in [5.41, 5.74) is 1.13. The van der Waals surface area contributed by atoms with Crippen molar-refractivity contribution in [2.45, 2.75) is 30.7 Å². The SMILES string of the molecule is Cc1cc(Cl)ccc1N(CC(=O)NC1CCN(C)CC1)S(=O)(=O)c1ccccc1. The van der Waals surface area contributed by atoms with E-state index in [9.17, 15) is 13.2 Å². The number of piperidine rings is 1. The van der Waals surface area contributed by atoms with E-state index < -0.39 is 10.0 Å². The summed E-state index contributed by atoms with van der Waals surface area (Å²) in [6.45, 7) is 3.32. The number of anilines is 1. The normalized spacial score (nSPS) is 15.8. The maximum atomic E-state index is 13.3. The van der Waals surface area contributed by atoms with E-state index in [0.29, 0.717) is 16.3 Å². The van der Waals surface area contributed by atoms with E-state index in [1.165, 1.54) is 12.1 Å². The number of rotatable bonds is 6. The van der Waals surface area contributed by atoms with Gasteiger partial charge in [-0.1, -0.05) is 29.8 Å². The summed E-state index contributed by atoms with van der Waals surface area (Å²) in [6, 6.07) is 13.2. The first-order valence-corrected chi connectivity index (χ1v) is 11.4. The number of carbonyl (C=O) groups is 1. The Morgan fingerprint density at radius 3 is 2.45 bits per heavy atom. The molecule has 0 bridgehead atoms. The van der Waals surface area contributed by atoms with Gasteiger partial charge in [-0.2, -0.15) is 0 Å². The van der Waals surface area contributed by atoms with E-state index in [0.717, 1.165) is 30.2 Å². The third kappa shape index (κ3) is 5.29. The molecule has 0 atom stereocenters. The van der Waals surface area contributed by atoms with Crippen LogP contribution in [0.5, 0.6) is 0 Å². The minimum atomic E-state index is -3.91. The van der Waals surface area contributed by atoms with Crippen molar-refractivity contribution in [2.75, 3.05) is 31.0 Å². The standard InChI is InChI=1S/C21H26ClN3O3S/c1-16-14-17(22)8-9-20(16)25(29(27,28)19-6-4-3-5-7-19)15-21(26)23-18-10-12-24(2)13-11-18/h3-9,14,18H,10-13,15H2,1-2H3,(H,23,26). The Morgan fingerprint density at radius 1 is 1.17 bits per heavy atom. The predicted molar refractivity (Wildman–Crippen MR) is 116 cm³/mol. The molecule has 1 N–H and O–H groups in total. The summed E-state index contributed by atoms with van der Waals surface area (Å²) >= 11 is 6.05. The number of hydrogen-bond acceptors (Lipinski definition) is 4. The molecule has 0 saturated carbocycles. The smallest absolute Gasteiger partial charge is 0.264 e. The maximum absolute atomic E-state index is 13.3. The summed E-state index contributed by atoms with van der Waals surface area (Å²) in [7, 11) is -1.86. The van der Waals surface area contributed by atoms with Crippen molar-refractivity contribution in [3.63, 3.8) is 0 Å². The summed E-state index contributed by atoms with van der Waals surface area (Å²) in [5.74, 6) is -0.312. The van der Waals surface area contributed by atoms with Gasteiger partial charge in [-0.05, 0) is 75.8 Å². The summed E-state index contributed by atoms with van der Waals surface area (Å²) in [5, 5.41) is 3.51. The van der Waals surface area contributed by atoms with Crippen LogP contribution in [0.1, 0.15) is 18.4 Å². The predicted octanol–water partition coefficient (Wildman–Crippen LogP) is 3.05. The van der Waals surface area contributed by atoms with Gasteiger partial charge in [0.05, 0.1) is 10.6 Å². The highest BCUT2D eigenvalue weighted by Crippen LogP contribution is 2.28. The van der Waals surface area contributed by atoms with Gasteiger partial charge in [0.15, 0.2) is 0 Å². The molecular formula is C21H26ClN3O3S. The second-order valence-corrected chi connectivity index (χ2v) is 9.70. The Balaban J connectivity index is 1.88. The lowest BCUT2D eigenvalue weighted by atomic mass is 10.1. The van der Waals surface area contributed by atoms with Gasteiger partial charge < -0.3 is 10.2 Å². The second kappa shape index (κ2) is 9.15. The van der Waals surface area contributed by atoms with E-state index in [2.05, 4.69) is 17.3 Å². The molecule has 2 aromatic carbocycles. The Kier molecular flexibility index (Phi) is 6.82. The minimum absolute atomic E-state index is 0.0614. The molecule has 0 radical (unpaired) electrons. The lowest BCUT2D eigenvalue weighted by molar-refractivity contribution is -0.120. The van der Waals surface area contributed by atoms with Crippen LogP contribution in [0.4, 0.5) is 5.69 Å². The van der Waals surface area contributed by atoms with Gasteiger partial charge >= 0.3 is 0 Å². The van der Waals surface area contributed by atoms with Gasteiger partial charge in [0.1, 0.15) is 6.54 Å². The average molecular weight is 436 g/mol. The zero-order chi connectivity index (χ0) is 21.0. The Morgan fingerprint density at radius 2 is 1.83 bits per heavy atom. The topological polar surface area (TPSA) is 69.7 Å². The zero-order valence-electron chi connectivity index (χ0n) is 16.6. The molecule has 0 aliphatic carbocycles. The molecule has 1 amide bonds. The van der Waals surface area contributed by atoms with Crippen LogP contribution in [0.3, 0.4) is 0 Å². The average Bonchev–Trinajstić information content (AvgIpc) is 2.69. The number of nitrogens with one attached hydrogen (secondary N) is 1. The largest absolute Gasteiger partial charge is 0.352 e. The van der Waals surface area contributed by atoms with Crippen LogP contribution >= 0.6 is 11.6 Å². The molecule has 6 nitrogen and oxygen atoms in total. The van der Waals surface area contributed by atoms with Crippen molar-refractivity contribution in [1.82, 2.24) is 10.2 Å². The highest BCUT2D eigenvalue weighted by atomic mass is 35.5. The molecule has 29 heavy (non-hydrogen) atoms. The monoisotopic (exact) mass is 435 g/mol. The van der Waals surface area contributed by atoms with Crippen LogP contribution in [0.2, 0.25) is 5.02 Å². The van der Waals surface area contributed by atoms with E-state index in [-0.39, 0.29) is 23.4 Å². The van der Waals surface area contributed by atoms with Crippen molar-refractivity contribution < 1.29 is 13.2 Å². The van der Waals surface area contributed by atoms with Crippen molar-refractivity contribution >= 4 is 33.2 Å². The maximum Gasteiger partial charge on any atom is 0.264 e. The summed E-state index contributed by atoms with van der Waals surface area (Å²) in [6.07, 6.45) is 1.71. The molecule has 1 heterocycles. The molecule has 1 fully saturated rings. The zero-order valence-corrected chi connectivity index (χ0v) is 18.2. The summed E-state index contributed by atoms with van der Waals surface area (Å²) in [4.78, 5) is 15.1. The van der Waals surface area contributed by atoms with Crippen LogP contribution in [0.15, 0.2) is 53.4 Å². The number of halogens is 1. The quantitative estimate of drug-likeness (QED) is 0.757. The first-order valence-electron chi connectivity index (χ1n) is 9.59. The fraction of sp³-hybridized carbons (Fsp3) is 0.381. The molecule has 0 aromatic heterocycles. The van der Waals surface area contributed by atoms with Crippen LogP contribution < -0.4 is 9.62 Å². The number of amides is 1. The number of sulfonamides is 1. The molecule has 1 aliphatic heterocycles. The fourth-order valence-corrected chi connectivity index (χ4v) is 5.21. The van der Waals surface area contributed by atoms with Gasteiger partial charge in [0.25, 0.3) is 10.0 Å². The highest BCUT2D eigenvalue weighted by Gasteiger charge is 2.29. The first kappa shape index (κ1) is 21.6. The lowest BCUT2D eigenvalue weighted by Gasteiger charge is -2.31. The molecule has 3 rings (SSSR count). The van der Waals surface area contributed by atoms with Crippen LogP contribution in [0.25, 0.3) is 0 Å². The first-order chi connectivity index (χ1) is 13.8. The number of hydrogen-bond donors (Lipinski definition) is 1. The molecule has 2 aromatic rings. The van der Waals surface area contributed by atoms with E-state index in [4.69, 9.17) is 11.6 Å². The lowest BCUT2D eigenvalue weighted by Crippen LogP contribution is -2.48. The van der Waals surface area contributed by atoms with Crippen molar-refractivity contribution in [1.29, 1.82) is 0 Å². The third-order valence-corrected chi connectivity index (χ3v) is 7.14. The van der Waals surface area contributed by atoms with E-state index >= 15 is 0 Å². The number of likely N-dealkylation sites (tertiary alicyclic amines) is 1. The molecular weight excluding hydrogens is 410 g/mol. The molecule has 0 unspecified atom stereocenters. The molecule has 156 valence electrons. The van der Waals surface area contributed by atoms with Gasteiger partial charge in [0, 0.05) is 11.1 Å².